The number of carboxylic acid groups (broad SMARTS) is 1. The molecule has 2 heterocycles. The van der Waals surface area contributed by atoms with Gasteiger partial charge in [-0.3, -0.25) is 9.59 Å². The molecule has 5 atom stereocenters. The van der Waals surface area contributed by atoms with Crippen LogP contribution in [0.5, 0.6) is 0 Å². The highest BCUT2D eigenvalue weighted by Crippen LogP contribution is 2.37. The summed E-state index contributed by atoms with van der Waals surface area (Å²) in [6.45, 7) is 2.26. The summed E-state index contributed by atoms with van der Waals surface area (Å²) in [7, 11) is -4.60. The molecule has 11 nitrogen and oxygen atoms in total. The van der Waals surface area contributed by atoms with Gasteiger partial charge in [-0.25, -0.2) is 4.79 Å². The summed E-state index contributed by atoms with van der Waals surface area (Å²) in [5, 5.41) is 9.16. The van der Waals surface area contributed by atoms with Crippen molar-refractivity contribution in [2.24, 2.45) is 0 Å². The molecular weight excluding hydrogens is 397 g/mol. The Labute approximate surface area is 160 Å². The van der Waals surface area contributed by atoms with Gasteiger partial charge in [0, 0.05) is 26.1 Å². The van der Waals surface area contributed by atoms with E-state index in [2.05, 4.69) is 0 Å². The zero-order valence-electron chi connectivity index (χ0n) is 15.1. The molecule has 0 saturated carbocycles. The van der Waals surface area contributed by atoms with E-state index in [0.717, 1.165) is 13.8 Å². The molecule has 1 aromatic heterocycles. The molecule has 0 aromatic carbocycles. The van der Waals surface area contributed by atoms with E-state index in [9.17, 15) is 23.8 Å². The van der Waals surface area contributed by atoms with Gasteiger partial charge in [-0.15, -0.1) is 0 Å². The second-order valence-corrected chi connectivity index (χ2v) is 7.93. The number of hydrogen-bond donors (Lipinski definition) is 2. The molecular formula is C16H20NO10P. The van der Waals surface area contributed by atoms with Gasteiger partial charge in [0.1, 0.15) is 19.3 Å². The van der Waals surface area contributed by atoms with Gasteiger partial charge in [-0.05, 0) is 12.5 Å². The van der Waals surface area contributed by atoms with Crippen molar-refractivity contribution >= 4 is 25.5 Å². The first kappa shape index (κ1) is 22.0. The predicted octanol–water partition coefficient (Wildman–Crippen LogP) is -0.631. The number of carbonyl (C=O) groups excluding carboxylic acids is 2. The molecule has 0 spiro atoms. The monoisotopic (exact) mass is 417 g/mol. The molecule has 12 heteroatoms. The number of aromatic nitrogens is 1. The number of ether oxygens (including phenoxy) is 3. The third-order valence-electron chi connectivity index (χ3n) is 3.95. The maximum atomic E-state index is 11.6. The maximum absolute atomic E-state index is 11.6. The minimum atomic E-state index is -4.60. The molecule has 154 valence electrons. The fourth-order valence-corrected chi connectivity index (χ4v) is 3.48. The summed E-state index contributed by atoms with van der Waals surface area (Å²) in [4.78, 5) is 54.4. The number of pyridine rings is 1. The third-order valence-corrected chi connectivity index (χ3v) is 4.77. The van der Waals surface area contributed by atoms with E-state index >= 15 is 0 Å². The molecule has 1 fully saturated rings. The summed E-state index contributed by atoms with van der Waals surface area (Å²) in [6.07, 6.45) is -2.59. The lowest BCUT2D eigenvalue weighted by molar-refractivity contribution is -0.765. The minimum Gasteiger partial charge on any atom is -0.779 e. The van der Waals surface area contributed by atoms with Crippen LogP contribution in [0.15, 0.2) is 24.5 Å². The van der Waals surface area contributed by atoms with Crippen molar-refractivity contribution in [1.29, 1.82) is 0 Å². The standard InChI is InChI=1S/C16H20NO10P/c1-9(18)25-13-12(5-7-28(22,23)24)27-15(14(13)26-10(2)19)17-6-3-4-11(8-17)16(20)21/h3-4,6,8,12-15H,5,7H2,1-2H3,(H2-,20,21,22,23,24)/t12-,13-,14-,15-/m1/s1. The van der Waals surface area contributed by atoms with Crippen molar-refractivity contribution in [2.45, 2.75) is 44.8 Å². The number of aromatic carboxylic acids is 1. The summed E-state index contributed by atoms with van der Waals surface area (Å²) >= 11 is 0. The van der Waals surface area contributed by atoms with Gasteiger partial charge in [0.15, 0.2) is 18.5 Å². The molecule has 1 aliphatic rings. The number of nitrogens with zero attached hydrogens (tertiary/aromatic N) is 1. The second kappa shape index (κ2) is 8.78. The first-order chi connectivity index (χ1) is 13.0. The molecule has 0 radical (unpaired) electrons. The van der Waals surface area contributed by atoms with E-state index in [1.165, 1.54) is 29.1 Å². The molecule has 0 aliphatic carbocycles. The zero-order valence-corrected chi connectivity index (χ0v) is 16.0. The first-order valence-electron chi connectivity index (χ1n) is 8.25. The highest BCUT2D eigenvalue weighted by Gasteiger charge is 2.54. The summed E-state index contributed by atoms with van der Waals surface area (Å²) in [5.74, 6) is -2.62. The number of esters is 2. The number of hydrogen-bond acceptors (Lipinski definition) is 8. The molecule has 2 N–H and O–H groups in total. The quantitative estimate of drug-likeness (QED) is 0.332. The fourth-order valence-electron chi connectivity index (χ4n) is 2.90. The van der Waals surface area contributed by atoms with E-state index < -0.39 is 56.2 Å². The number of carbonyl (C=O) groups is 3. The average molecular weight is 417 g/mol. The van der Waals surface area contributed by atoms with Crippen LogP contribution in [0.4, 0.5) is 0 Å². The summed E-state index contributed by atoms with van der Waals surface area (Å²) in [5.41, 5.74) is -0.0698. The normalized spacial score (nSPS) is 26.3. The van der Waals surface area contributed by atoms with Crippen LogP contribution in [0.2, 0.25) is 0 Å². The zero-order chi connectivity index (χ0) is 21.1. The number of rotatable bonds is 7. The Morgan fingerprint density at radius 2 is 1.86 bits per heavy atom. The molecule has 2 rings (SSSR count). The Bertz CT molecular complexity index is 806. The smallest absolute Gasteiger partial charge is 0.341 e. The van der Waals surface area contributed by atoms with Gasteiger partial charge in [-0.1, -0.05) is 0 Å². The lowest BCUT2D eigenvalue weighted by Gasteiger charge is -2.23. The van der Waals surface area contributed by atoms with Crippen molar-refractivity contribution < 1.29 is 52.6 Å². The Morgan fingerprint density at radius 3 is 2.39 bits per heavy atom. The summed E-state index contributed by atoms with van der Waals surface area (Å²) < 4.78 is 28.6. The Morgan fingerprint density at radius 1 is 1.25 bits per heavy atom. The average Bonchev–Trinajstić information content (AvgIpc) is 2.89. The van der Waals surface area contributed by atoms with Crippen LogP contribution < -0.4 is 9.46 Å². The van der Waals surface area contributed by atoms with Gasteiger partial charge in [0.05, 0.1) is 0 Å². The van der Waals surface area contributed by atoms with Crippen molar-refractivity contribution in [3.63, 3.8) is 0 Å². The largest absolute Gasteiger partial charge is 0.779 e. The topological polar surface area (TPSA) is 163 Å². The molecule has 0 amide bonds. The van der Waals surface area contributed by atoms with Gasteiger partial charge in [-0.2, -0.15) is 4.57 Å². The minimum absolute atomic E-state index is 0.0698. The van der Waals surface area contributed by atoms with E-state index in [1.807, 2.05) is 0 Å². The van der Waals surface area contributed by atoms with E-state index in [-0.39, 0.29) is 12.0 Å². The first-order valence-corrected chi connectivity index (χ1v) is 10.0. The Kier molecular flexibility index (Phi) is 6.89. The van der Waals surface area contributed by atoms with E-state index in [1.54, 1.807) is 0 Å². The maximum Gasteiger partial charge on any atom is 0.341 e. The highest BCUT2D eigenvalue weighted by atomic mass is 31.2. The van der Waals surface area contributed by atoms with Crippen LogP contribution in [-0.4, -0.2) is 52.4 Å². The Hall–Kier alpha value is -2.33. The van der Waals surface area contributed by atoms with Crippen LogP contribution in [0, 0.1) is 0 Å². The van der Waals surface area contributed by atoms with Gasteiger partial charge < -0.3 is 33.7 Å². The summed E-state index contributed by atoms with van der Waals surface area (Å²) in [6, 6.07) is 2.78. The molecule has 1 unspecified atom stereocenters. The SMILES string of the molecule is CC(=O)O[C@@H]1[C@H](OC(C)=O)[C@@H](CCP(=O)([O-])O)O[C@H]1[n+]1cccc(C(=O)O)c1. The van der Waals surface area contributed by atoms with Gasteiger partial charge >= 0.3 is 24.1 Å². The van der Waals surface area contributed by atoms with Gasteiger partial charge in [0.2, 0.25) is 6.10 Å². The van der Waals surface area contributed by atoms with Crippen LogP contribution in [-0.2, 0) is 28.4 Å². The number of carboxylic acids is 1. The van der Waals surface area contributed by atoms with Crippen LogP contribution in [0.1, 0.15) is 36.9 Å². The van der Waals surface area contributed by atoms with Crippen molar-refractivity contribution in [2.75, 3.05) is 6.16 Å². The lowest BCUT2D eigenvalue weighted by atomic mass is 10.1. The second-order valence-electron chi connectivity index (χ2n) is 6.21. The third kappa shape index (κ3) is 5.83. The molecule has 1 aliphatic heterocycles. The molecule has 1 aromatic rings. The van der Waals surface area contributed by atoms with Crippen molar-refractivity contribution in [1.82, 2.24) is 0 Å². The van der Waals surface area contributed by atoms with Crippen LogP contribution in [0.25, 0.3) is 0 Å². The van der Waals surface area contributed by atoms with E-state index in [4.69, 9.17) is 24.2 Å². The van der Waals surface area contributed by atoms with Crippen molar-refractivity contribution in [3.05, 3.63) is 30.1 Å². The fraction of sp³-hybridized carbons (Fsp3) is 0.500. The predicted molar refractivity (Wildman–Crippen MR) is 87.9 cm³/mol. The van der Waals surface area contributed by atoms with E-state index in [0.29, 0.717) is 0 Å². The molecule has 0 bridgehead atoms. The van der Waals surface area contributed by atoms with Crippen molar-refractivity contribution in [3.8, 4) is 0 Å². The molecule has 28 heavy (non-hydrogen) atoms. The van der Waals surface area contributed by atoms with Crippen LogP contribution >= 0.6 is 7.60 Å². The van der Waals surface area contributed by atoms with Crippen LogP contribution in [0.3, 0.4) is 0 Å². The highest BCUT2D eigenvalue weighted by molar-refractivity contribution is 7.50. The lowest BCUT2D eigenvalue weighted by Crippen LogP contribution is -2.48. The Balaban J connectivity index is 2.39. The molecule has 1 saturated heterocycles. The van der Waals surface area contributed by atoms with Gasteiger partial charge in [0.25, 0.3) is 0 Å².